The van der Waals surface area contributed by atoms with Crippen LogP contribution < -0.4 is 0 Å². The molecule has 64 valence electrons. The molecule has 0 amide bonds. The molecule has 2 unspecified atom stereocenters. The van der Waals surface area contributed by atoms with Gasteiger partial charge in [0.25, 0.3) is 0 Å². The maximum absolute atomic E-state index is 3.84. The molecule has 1 fully saturated rings. The van der Waals surface area contributed by atoms with Gasteiger partial charge in [-0.2, -0.15) is 0 Å². The summed E-state index contributed by atoms with van der Waals surface area (Å²) in [5, 5.41) is 0. The van der Waals surface area contributed by atoms with Crippen LogP contribution in [-0.4, -0.2) is 24.5 Å². The first kappa shape index (κ1) is 8.79. The van der Waals surface area contributed by atoms with E-state index in [1.807, 2.05) is 0 Å². The van der Waals surface area contributed by atoms with Crippen molar-refractivity contribution in [2.75, 3.05) is 13.6 Å². The highest BCUT2D eigenvalue weighted by molar-refractivity contribution is 4.90. The Morgan fingerprint density at radius 3 is 2.73 bits per heavy atom. The number of piperidine rings is 1. The molecular formula is C10H19N. The van der Waals surface area contributed by atoms with Crippen molar-refractivity contribution < 1.29 is 0 Å². The van der Waals surface area contributed by atoms with Crippen LogP contribution in [-0.2, 0) is 0 Å². The molecular weight excluding hydrogens is 134 g/mol. The SMILES string of the molecule is C=CC1CCC(CC)CN1C. The molecule has 1 aliphatic heterocycles. The molecule has 0 saturated carbocycles. The van der Waals surface area contributed by atoms with Crippen LogP contribution in [0.2, 0.25) is 0 Å². The smallest absolute Gasteiger partial charge is 0.0272 e. The summed E-state index contributed by atoms with van der Waals surface area (Å²) < 4.78 is 0. The fourth-order valence-electron chi connectivity index (χ4n) is 1.89. The summed E-state index contributed by atoms with van der Waals surface area (Å²) in [6.07, 6.45) is 6.09. The molecule has 0 aromatic carbocycles. The summed E-state index contributed by atoms with van der Waals surface area (Å²) in [6, 6.07) is 0.637. The van der Waals surface area contributed by atoms with E-state index in [1.165, 1.54) is 25.8 Å². The Morgan fingerprint density at radius 1 is 1.55 bits per heavy atom. The van der Waals surface area contributed by atoms with Gasteiger partial charge in [-0.25, -0.2) is 0 Å². The van der Waals surface area contributed by atoms with Crippen LogP contribution >= 0.6 is 0 Å². The van der Waals surface area contributed by atoms with Crippen molar-refractivity contribution in [3.05, 3.63) is 12.7 Å². The van der Waals surface area contributed by atoms with Crippen LogP contribution in [0.4, 0.5) is 0 Å². The zero-order chi connectivity index (χ0) is 8.27. The zero-order valence-electron chi connectivity index (χ0n) is 7.71. The Balaban J connectivity index is 2.40. The normalized spacial score (nSPS) is 33.6. The van der Waals surface area contributed by atoms with E-state index < -0.39 is 0 Å². The van der Waals surface area contributed by atoms with E-state index in [9.17, 15) is 0 Å². The van der Waals surface area contributed by atoms with Gasteiger partial charge < -0.3 is 0 Å². The lowest BCUT2D eigenvalue weighted by atomic mass is 9.91. The lowest BCUT2D eigenvalue weighted by Crippen LogP contribution is -2.39. The quantitative estimate of drug-likeness (QED) is 0.550. The molecule has 0 spiro atoms. The maximum Gasteiger partial charge on any atom is 0.0272 e. The minimum atomic E-state index is 0.637. The number of rotatable bonds is 2. The van der Waals surface area contributed by atoms with Crippen molar-refractivity contribution in [3.63, 3.8) is 0 Å². The molecule has 11 heavy (non-hydrogen) atoms. The van der Waals surface area contributed by atoms with E-state index in [2.05, 4.69) is 31.5 Å². The van der Waals surface area contributed by atoms with Crippen LogP contribution in [0.3, 0.4) is 0 Å². The first-order valence-corrected chi connectivity index (χ1v) is 4.60. The van der Waals surface area contributed by atoms with E-state index in [0.717, 1.165) is 5.92 Å². The molecule has 0 bridgehead atoms. The van der Waals surface area contributed by atoms with Gasteiger partial charge in [-0.05, 0) is 25.8 Å². The topological polar surface area (TPSA) is 3.24 Å². The van der Waals surface area contributed by atoms with Crippen LogP contribution in [0.1, 0.15) is 26.2 Å². The Bertz CT molecular complexity index is 131. The predicted octanol–water partition coefficient (Wildman–Crippen LogP) is 2.29. The van der Waals surface area contributed by atoms with Crippen molar-refractivity contribution >= 4 is 0 Å². The van der Waals surface area contributed by atoms with Gasteiger partial charge in [-0.3, -0.25) is 4.90 Å². The molecule has 1 saturated heterocycles. The van der Waals surface area contributed by atoms with E-state index in [0.29, 0.717) is 6.04 Å². The first-order valence-electron chi connectivity index (χ1n) is 4.60. The number of likely N-dealkylation sites (tertiary alicyclic amines) is 1. The monoisotopic (exact) mass is 153 g/mol. The average Bonchev–Trinajstić information content (AvgIpc) is 2.04. The number of hydrogen-bond donors (Lipinski definition) is 0. The highest BCUT2D eigenvalue weighted by Gasteiger charge is 2.21. The van der Waals surface area contributed by atoms with Gasteiger partial charge in [0.2, 0.25) is 0 Å². The maximum atomic E-state index is 3.84. The molecule has 0 aliphatic carbocycles. The molecule has 0 aromatic rings. The van der Waals surface area contributed by atoms with Crippen molar-refractivity contribution in [1.82, 2.24) is 4.90 Å². The minimum Gasteiger partial charge on any atom is -0.300 e. The van der Waals surface area contributed by atoms with Gasteiger partial charge >= 0.3 is 0 Å². The zero-order valence-corrected chi connectivity index (χ0v) is 7.71. The molecule has 0 radical (unpaired) electrons. The molecule has 1 nitrogen and oxygen atoms in total. The number of hydrogen-bond acceptors (Lipinski definition) is 1. The van der Waals surface area contributed by atoms with Gasteiger partial charge in [-0.15, -0.1) is 6.58 Å². The summed E-state index contributed by atoms with van der Waals surface area (Å²) in [5.41, 5.74) is 0. The van der Waals surface area contributed by atoms with Crippen molar-refractivity contribution in [2.24, 2.45) is 5.92 Å². The standard InChI is InChI=1S/C10H19N/c1-4-9-6-7-10(5-2)11(3)8-9/h5,9-10H,2,4,6-8H2,1,3H3. The van der Waals surface area contributed by atoms with Crippen LogP contribution in [0.5, 0.6) is 0 Å². The molecule has 0 N–H and O–H groups in total. The Labute approximate surface area is 70.1 Å². The Morgan fingerprint density at radius 2 is 2.27 bits per heavy atom. The fourth-order valence-corrected chi connectivity index (χ4v) is 1.89. The van der Waals surface area contributed by atoms with Crippen LogP contribution in [0, 0.1) is 5.92 Å². The molecule has 0 aromatic heterocycles. The van der Waals surface area contributed by atoms with Crippen molar-refractivity contribution in [2.45, 2.75) is 32.2 Å². The molecule has 1 heteroatoms. The lowest BCUT2D eigenvalue weighted by molar-refractivity contribution is 0.164. The number of likely N-dealkylation sites (N-methyl/N-ethyl adjacent to an activating group) is 1. The Hall–Kier alpha value is -0.300. The molecule has 1 aliphatic rings. The van der Waals surface area contributed by atoms with Crippen molar-refractivity contribution in [3.8, 4) is 0 Å². The summed E-state index contributed by atoms with van der Waals surface area (Å²) >= 11 is 0. The van der Waals surface area contributed by atoms with Gasteiger partial charge in [0.1, 0.15) is 0 Å². The van der Waals surface area contributed by atoms with E-state index in [4.69, 9.17) is 0 Å². The lowest BCUT2D eigenvalue weighted by Gasteiger charge is -2.35. The number of nitrogens with zero attached hydrogens (tertiary/aromatic N) is 1. The summed E-state index contributed by atoms with van der Waals surface area (Å²) in [4.78, 5) is 2.42. The van der Waals surface area contributed by atoms with Crippen molar-refractivity contribution in [1.29, 1.82) is 0 Å². The van der Waals surface area contributed by atoms with Gasteiger partial charge in [-0.1, -0.05) is 19.4 Å². The van der Waals surface area contributed by atoms with Gasteiger partial charge in [0.05, 0.1) is 0 Å². The van der Waals surface area contributed by atoms with Gasteiger partial charge in [0, 0.05) is 12.6 Å². The third-order valence-electron chi connectivity index (χ3n) is 2.83. The molecule has 1 rings (SSSR count). The largest absolute Gasteiger partial charge is 0.300 e. The van der Waals surface area contributed by atoms with Gasteiger partial charge in [0.15, 0.2) is 0 Å². The van der Waals surface area contributed by atoms with E-state index >= 15 is 0 Å². The predicted molar refractivity (Wildman–Crippen MR) is 49.6 cm³/mol. The second-order valence-electron chi connectivity index (χ2n) is 3.59. The molecule has 2 atom stereocenters. The second-order valence-corrected chi connectivity index (χ2v) is 3.59. The molecule has 1 heterocycles. The van der Waals surface area contributed by atoms with Crippen LogP contribution in [0.25, 0.3) is 0 Å². The second kappa shape index (κ2) is 3.91. The summed E-state index contributed by atoms with van der Waals surface area (Å²) in [5.74, 6) is 0.927. The van der Waals surface area contributed by atoms with E-state index in [1.54, 1.807) is 0 Å². The third kappa shape index (κ3) is 2.06. The first-order chi connectivity index (χ1) is 5.27. The average molecular weight is 153 g/mol. The summed E-state index contributed by atoms with van der Waals surface area (Å²) in [6.45, 7) is 7.39. The highest BCUT2D eigenvalue weighted by Crippen LogP contribution is 2.22. The Kier molecular flexibility index (Phi) is 3.13. The third-order valence-corrected chi connectivity index (χ3v) is 2.83. The minimum absolute atomic E-state index is 0.637. The summed E-state index contributed by atoms with van der Waals surface area (Å²) in [7, 11) is 2.20. The highest BCUT2D eigenvalue weighted by atomic mass is 15.1. The van der Waals surface area contributed by atoms with Crippen LogP contribution in [0.15, 0.2) is 12.7 Å². The van der Waals surface area contributed by atoms with E-state index in [-0.39, 0.29) is 0 Å². The fraction of sp³-hybridized carbons (Fsp3) is 0.800.